The quantitative estimate of drug-likeness (QED) is 0.265. The van der Waals surface area contributed by atoms with Gasteiger partial charge in [-0.25, -0.2) is 13.1 Å². The molecule has 0 fully saturated rings. The summed E-state index contributed by atoms with van der Waals surface area (Å²) in [6.07, 6.45) is 1.18. The van der Waals surface area contributed by atoms with Gasteiger partial charge < -0.3 is 4.43 Å². The van der Waals surface area contributed by atoms with Gasteiger partial charge in [0.15, 0.2) is 0 Å². The molecule has 0 radical (unpaired) electrons. The first-order valence-corrected chi connectivity index (χ1v) is 15.9. The first-order valence-electron chi connectivity index (χ1n) is 12.5. The molecule has 0 aliphatic rings. The number of hydrogen-bond acceptors (Lipinski definition) is 3. The van der Waals surface area contributed by atoms with E-state index in [1.165, 1.54) is 10.4 Å². The van der Waals surface area contributed by atoms with E-state index in [9.17, 15) is 8.42 Å². The van der Waals surface area contributed by atoms with Gasteiger partial charge >= 0.3 is 0 Å². The van der Waals surface area contributed by atoms with Crippen molar-refractivity contribution in [3.63, 3.8) is 0 Å². The van der Waals surface area contributed by atoms with Gasteiger partial charge in [0.25, 0.3) is 8.32 Å². The fourth-order valence-electron chi connectivity index (χ4n) is 4.70. The van der Waals surface area contributed by atoms with E-state index in [0.29, 0.717) is 19.4 Å². The van der Waals surface area contributed by atoms with Gasteiger partial charge in [-0.1, -0.05) is 118 Å². The SMILES string of the molecule is C=C(CCO[Si](c1ccccc1)(c1ccccc1)C(C)(C)C)C(CC)NS(=O)(=O)c1ccc(C)cc1. The Morgan fingerprint density at radius 2 is 1.42 bits per heavy atom. The van der Waals surface area contributed by atoms with E-state index in [1.54, 1.807) is 12.1 Å². The molecular weight excluding hydrogens is 482 g/mol. The van der Waals surface area contributed by atoms with Gasteiger partial charge in [-0.3, -0.25) is 0 Å². The van der Waals surface area contributed by atoms with Gasteiger partial charge in [0.1, 0.15) is 0 Å². The molecule has 0 amide bonds. The summed E-state index contributed by atoms with van der Waals surface area (Å²) in [5.41, 5.74) is 1.84. The number of nitrogens with one attached hydrogen (secondary N) is 1. The van der Waals surface area contributed by atoms with Crippen molar-refractivity contribution in [3.05, 3.63) is 103 Å². The summed E-state index contributed by atoms with van der Waals surface area (Å²) in [5, 5.41) is 2.33. The van der Waals surface area contributed by atoms with Crippen LogP contribution in [0.2, 0.25) is 5.04 Å². The zero-order valence-electron chi connectivity index (χ0n) is 22.1. The standard InChI is InChI=1S/C30H39NO3SSi/c1-7-29(31-35(32,33)26-20-18-24(2)19-21-26)25(3)22-23-34-36(30(4,5)6,27-14-10-8-11-15-27)28-16-12-9-13-17-28/h8-21,29,31H,3,7,22-23H2,1-2,4-6H3. The first-order chi connectivity index (χ1) is 17.0. The molecule has 0 bridgehead atoms. The molecule has 3 aromatic carbocycles. The smallest absolute Gasteiger partial charge is 0.261 e. The van der Waals surface area contributed by atoms with E-state index < -0.39 is 18.3 Å². The van der Waals surface area contributed by atoms with Gasteiger partial charge in [-0.05, 0) is 47.3 Å². The highest BCUT2D eigenvalue weighted by molar-refractivity contribution is 7.89. The van der Waals surface area contributed by atoms with E-state index in [2.05, 4.69) is 80.6 Å². The first kappa shape index (κ1) is 28.1. The van der Waals surface area contributed by atoms with E-state index in [1.807, 2.05) is 38.1 Å². The summed E-state index contributed by atoms with van der Waals surface area (Å²) >= 11 is 0. The van der Waals surface area contributed by atoms with Crippen LogP contribution < -0.4 is 15.1 Å². The van der Waals surface area contributed by atoms with Gasteiger partial charge in [-0.15, -0.1) is 0 Å². The second kappa shape index (κ2) is 11.7. The highest BCUT2D eigenvalue weighted by Gasteiger charge is 2.50. The largest absolute Gasteiger partial charge is 0.407 e. The lowest BCUT2D eigenvalue weighted by Gasteiger charge is -2.43. The molecule has 0 saturated carbocycles. The molecule has 1 atom stereocenters. The van der Waals surface area contributed by atoms with Crippen LogP contribution in [0.15, 0.2) is 102 Å². The van der Waals surface area contributed by atoms with Gasteiger partial charge in [0.2, 0.25) is 10.0 Å². The van der Waals surface area contributed by atoms with Gasteiger partial charge in [-0.2, -0.15) is 0 Å². The molecule has 0 aliphatic carbocycles. The lowest BCUT2D eigenvalue weighted by atomic mass is 10.1. The Bertz CT molecular complexity index is 1200. The molecule has 1 unspecified atom stereocenters. The number of sulfonamides is 1. The monoisotopic (exact) mass is 521 g/mol. The maximum Gasteiger partial charge on any atom is 0.261 e. The van der Waals surface area contributed by atoms with Crippen molar-refractivity contribution in [2.75, 3.05) is 6.61 Å². The highest BCUT2D eigenvalue weighted by atomic mass is 32.2. The summed E-state index contributed by atoms with van der Waals surface area (Å²) in [6.45, 7) is 15.4. The average molecular weight is 522 g/mol. The molecule has 0 aliphatic heterocycles. The lowest BCUT2D eigenvalue weighted by Crippen LogP contribution is -2.66. The van der Waals surface area contributed by atoms with Crippen molar-refractivity contribution in [1.29, 1.82) is 0 Å². The van der Waals surface area contributed by atoms with Crippen LogP contribution in [0.4, 0.5) is 0 Å². The Hall–Kier alpha value is -2.51. The molecule has 0 spiro atoms. The third-order valence-corrected chi connectivity index (χ3v) is 13.2. The Morgan fingerprint density at radius 1 is 0.917 bits per heavy atom. The van der Waals surface area contributed by atoms with Crippen molar-refractivity contribution < 1.29 is 12.8 Å². The molecule has 36 heavy (non-hydrogen) atoms. The van der Waals surface area contributed by atoms with Gasteiger partial charge in [0, 0.05) is 12.6 Å². The van der Waals surface area contributed by atoms with Gasteiger partial charge in [0.05, 0.1) is 4.90 Å². The Kier molecular flexibility index (Phi) is 9.11. The predicted molar refractivity (Wildman–Crippen MR) is 153 cm³/mol. The summed E-state index contributed by atoms with van der Waals surface area (Å²) in [6, 6.07) is 27.6. The number of aryl methyl sites for hydroxylation is 1. The van der Waals surface area contributed by atoms with Crippen LogP contribution >= 0.6 is 0 Å². The van der Waals surface area contributed by atoms with Crippen LogP contribution in [0.3, 0.4) is 0 Å². The van der Waals surface area contributed by atoms with Crippen LogP contribution in [0.1, 0.15) is 46.1 Å². The maximum atomic E-state index is 13.0. The number of benzene rings is 3. The van der Waals surface area contributed by atoms with Crippen molar-refractivity contribution in [2.24, 2.45) is 0 Å². The van der Waals surface area contributed by atoms with Crippen molar-refractivity contribution >= 4 is 28.7 Å². The maximum absolute atomic E-state index is 13.0. The molecule has 3 aromatic rings. The molecule has 0 heterocycles. The molecule has 0 saturated heterocycles. The average Bonchev–Trinajstić information content (AvgIpc) is 2.85. The van der Waals surface area contributed by atoms with E-state index in [4.69, 9.17) is 4.43 Å². The Morgan fingerprint density at radius 3 is 1.86 bits per heavy atom. The lowest BCUT2D eigenvalue weighted by molar-refractivity contribution is 0.298. The van der Waals surface area contributed by atoms with Crippen LogP contribution in [-0.4, -0.2) is 29.4 Å². The number of hydrogen-bond donors (Lipinski definition) is 1. The Labute approximate surface area is 218 Å². The summed E-state index contributed by atoms with van der Waals surface area (Å²) in [5.74, 6) is 0. The highest BCUT2D eigenvalue weighted by Crippen LogP contribution is 2.37. The summed E-state index contributed by atoms with van der Waals surface area (Å²) in [4.78, 5) is 0.267. The predicted octanol–water partition coefficient (Wildman–Crippen LogP) is 5.57. The molecule has 3 rings (SSSR count). The van der Waals surface area contributed by atoms with Crippen LogP contribution in [0.5, 0.6) is 0 Å². The van der Waals surface area contributed by atoms with Crippen molar-refractivity contribution in [3.8, 4) is 0 Å². The summed E-state index contributed by atoms with van der Waals surface area (Å²) in [7, 11) is -6.28. The zero-order chi connectivity index (χ0) is 26.4. The minimum atomic E-state index is -3.64. The van der Waals surface area contributed by atoms with Crippen molar-refractivity contribution in [2.45, 2.75) is 63.4 Å². The topological polar surface area (TPSA) is 55.4 Å². The number of rotatable bonds is 11. The fraction of sp³-hybridized carbons (Fsp3) is 0.333. The van der Waals surface area contributed by atoms with Crippen molar-refractivity contribution in [1.82, 2.24) is 4.72 Å². The molecule has 192 valence electrons. The molecular formula is C30H39NO3SSi. The van der Waals surface area contributed by atoms with Crippen LogP contribution in [-0.2, 0) is 14.4 Å². The molecule has 6 heteroatoms. The third-order valence-electron chi connectivity index (χ3n) is 6.69. The molecule has 0 aromatic heterocycles. The third kappa shape index (κ3) is 6.24. The van der Waals surface area contributed by atoms with E-state index in [0.717, 1.165) is 11.1 Å². The van der Waals surface area contributed by atoms with Crippen LogP contribution in [0, 0.1) is 6.92 Å². The van der Waals surface area contributed by atoms with E-state index >= 15 is 0 Å². The Balaban J connectivity index is 1.81. The van der Waals surface area contributed by atoms with Crippen LogP contribution in [0.25, 0.3) is 0 Å². The molecule has 1 N–H and O–H groups in total. The minimum absolute atomic E-state index is 0.117. The van der Waals surface area contributed by atoms with E-state index in [-0.39, 0.29) is 16.0 Å². The second-order valence-corrected chi connectivity index (χ2v) is 16.3. The fourth-order valence-corrected chi connectivity index (χ4v) is 10.6. The second-order valence-electron chi connectivity index (χ2n) is 10.3. The zero-order valence-corrected chi connectivity index (χ0v) is 23.9. The minimum Gasteiger partial charge on any atom is -0.407 e. The molecule has 4 nitrogen and oxygen atoms in total. The summed E-state index contributed by atoms with van der Waals surface area (Å²) < 4.78 is 35.8. The normalized spacial score (nSPS) is 13.4.